The van der Waals surface area contributed by atoms with E-state index in [-0.39, 0.29) is 0 Å². The number of allylic oxidation sites excluding steroid dienone is 1. The first-order valence-electron chi connectivity index (χ1n) is 5.91. The fourth-order valence-electron chi connectivity index (χ4n) is 2.12. The molecule has 4 heteroatoms. The van der Waals surface area contributed by atoms with Crippen LogP contribution in [0.2, 0.25) is 5.02 Å². The Morgan fingerprint density at radius 3 is 2.58 bits per heavy atom. The summed E-state index contributed by atoms with van der Waals surface area (Å²) in [6, 6.07) is 9.29. The number of aromatic nitrogens is 1. The molecule has 0 fully saturated rings. The summed E-state index contributed by atoms with van der Waals surface area (Å²) in [5.41, 5.74) is 8.70. The van der Waals surface area contributed by atoms with Crippen LogP contribution in [0.1, 0.15) is 16.1 Å². The van der Waals surface area contributed by atoms with Gasteiger partial charge in [-0.25, -0.2) is 0 Å². The van der Waals surface area contributed by atoms with Crippen molar-refractivity contribution < 1.29 is 4.79 Å². The molecule has 0 saturated carbocycles. The van der Waals surface area contributed by atoms with Crippen molar-refractivity contribution in [3.63, 3.8) is 0 Å². The van der Waals surface area contributed by atoms with Crippen molar-refractivity contribution >= 4 is 17.5 Å². The molecule has 98 valence electrons. The third kappa shape index (κ3) is 2.56. The molecular weight excluding hydrogens is 260 g/mol. The smallest absolute Gasteiger partial charge is 0.250 e. The van der Waals surface area contributed by atoms with Crippen molar-refractivity contribution in [2.75, 3.05) is 0 Å². The average Bonchev–Trinajstić information content (AvgIpc) is 2.69. The standard InChI is InChI=1S/C15H15ClN2O/c1-3-8-18-10(2)13(15(17)19)9-14(18)11-4-6-12(16)7-5-11/h3-7,9H,1,8H2,2H3,(H2,17,19). The maximum Gasteiger partial charge on any atom is 0.250 e. The molecule has 0 bridgehead atoms. The average molecular weight is 275 g/mol. The van der Waals surface area contributed by atoms with Crippen molar-refractivity contribution in [3.05, 3.63) is 59.3 Å². The largest absolute Gasteiger partial charge is 0.366 e. The number of hydrogen-bond acceptors (Lipinski definition) is 1. The highest BCUT2D eigenvalue weighted by Gasteiger charge is 2.15. The number of carbonyl (C=O) groups excluding carboxylic acids is 1. The summed E-state index contributed by atoms with van der Waals surface area (Å²) >= 11 is 5.89. The minimum Gasteiger partial charge on any atom is -0.366 e. The predicted molar refractivity (Wildman–Crippen MR) is 78.3 cm³/mol. The lowest BCUT2D eigenvalue weighted by atomic mass is 10.1. The molecule has 1 amide bonds. The van der Waals surface area contributed by atoms with Crippen LogP contribution < -0.4 is 5.73 Å². The van der Waals surface area contributed by atoms with E-state index in [1.165, 1.54) is 0 Å². The summed E-state index contributed by atoms with van der Waals surface area (Å²) in [7, 11) is 0. The van der Waals surface area contributed by atoms with Gasteiger partial charge in [-0.15, -0.1) is 6.58 Å². The number of nitrogens with zero attached hydrogens (tertiary/aromatic N) is 1. The minimum absolute atomic E-state index is 0.421. The van der Waals surface area contributed by atoms with Crippen LogP contribution in [0.25, 0.3) is 11.3 Å². The molecule has 2 N–H and O–H groups in total. The Bertz CT molecular complexity index is 626. The van der Waals surface area contributed by atoms with Gasteiger partial charge in [0.1, 0.15) is 0 Å². The molecule has 0 spiro atoms. The summed E-state index contributed by atoms with van der Waals surface area (Å²) in [5, 5.41) is 0.678. The molecule has 3 nitrogen and oxygen atoms in total. The molecule has 2 rings (SSSR count). The summed E-state index contributed by atoms with van der Waals surface area (Å²) in [5.74, 6) is -0.421. The van der Waals surface area contributed by atoms with Gasteiger partial charge < -0.3 is 10.3 Å². The first-order chi connectivity index (χ1) is 9.04. The van der Waals surface area contributed by atoms with Crippen LogP contribution >= 0.6 is 11.6 Å². The van der Waals surface area contributed by atoms with Crippen molar-refractivity contribution in [3.8, 4) is 11.3 Å². The van der Waals surface area contributed by atoms with E-state index in [0.717, 1.165) is 17.0 Å². The van der Waals surface area contributed by atoms with Crippen molar-refractivity contribution in [2.45, 2.75) is 13.5 Å². The minimum atomic E-state index is -0.421. The first-order valence-corrected chi connectivity index (χ1v) is 6.29. The number of amides is 1. The number of benzene rings is 1. The fourth-order valence-corrected chi connectivity index (χ4v) is 2.24. The van der Waals surface area contributed by atoms with E-state index in [9.17, 15) is 4.79 Å². The van der Waals surface area contributed by atoms with Gasteiger partial charge in [0.05, 0.1) is 5.56 Å². The van der Waals surface area contributed by atoms with Gasteiger partial charge in [0, 0.05) is 23.0 Å². The van der Waals surface area contributed by atoms with Crippen LogP contribution in [0.5, 0.6) is 0 Å². The third-order valence-corrected chi connectivity index (χ3v) is 3.34. The first kappa shape index (κ1) is 13.4. The third-order valence-electron chi connectivity index (χ3n) is 3.08. The molecule has 1 heterocycles. The lowest BCUT2D eigenvalue weighted by molar-refractivity contribution is 0.0999. The van der Waals surface area contributed by atoms with E-state index in [0.29, 0.717) is 17.1 Å². The Morgan fingerprint density at radius 1 is 1.42 bits per heavy atom. The molecule has 0 radical (unpaired) electrons. The molecule has 0 aliphatic rings. The highest BCUT2D eigenvalue weighted by molar-refractivity contribution is 6.30. The number of primary amides is 1. The van der Waals surface area contributed by atoms with E-state index in [2.05, 4.69) is 6.58 Å². The van der Waals surface area contributed by atoms with E-state index in [4.69, 9.17) is 17.3 Å². The molecule has 0 unspecified atom stereocenters. The predicted octanol–water partition coefficient (Wildman–Crippen LogP) is 3.40. The molecule has 0 saturated heterocycles. The maximum absolute atomic E-state index is 11.4. The zero-order valence-electron chi connectivity index (χ0n) is 10.7. The van der Waals surface area contributed by atoms with Gasteiger partial charge in [-0.1, -0.05) is 29.8 Å². The van der Waals surface area contributed by atoms with Crippen molar-refractivity contribution in [1.29, 1.82) is 0 Å². The number of halogens is 1. The summed E-state index contributed by atoms with van der Waals surface area (Å²) in [4.78, 5) is 11.4. The Hall–Kier alpha value is -2.00. The van der Waals surface area contributed by atoms with Gasteiger partial charge in [-0.2, -0.15) is 0 Å². The van der Waals surface area contributed by atoms with Gasteiger partial charge in [0.15, 0.2) is 0 Å². The highest BCUT2D eigenvalue weighted by Crippen LogP contribution is 2.27. The van der Waals surface area contributed by atoms with E-state index >= 15 is 0 Å². The van der Waals surface area contributed by atoms with Crippen molar-refractivity contribution in [1.82, 2.24) is 4.57 Å². The number of nitrogens with two attached hydrogens (primary N) is 1. The molecule has 1 aromatic heterocycles. The number of hydrogen-bond donors (Lipinski definition) is 1. The molecule has 19 heavy (non-hydrogen) atoms. The van der Waals surface area contributed by atoms with Crippen LogP contribution in [0.4, 0.5) is 0 Å². The second-order valence-electron chi connectivity index (χ2n) is 4.30. The quantitative estimate of drug-likeness (QED) is 0.854. The van der Waals surface area contributed by atoms with Crippen molar-refractivity contribution in [2.24, 2.45) is 5.73 Å². The SMILES string of the molecule is C=CCn1c(-c2ccc(Cl)cc2)cc(C(N)=O)c1C. The van der Waals surface area contributed by atoms with Crippen LogP contribution in [-0.2, 0) is 6.54 Å². The summed E-state index contributed by atoms with van der Waals surface area (Å²) < 4.78 is 2.01. The van der Waals surface area contributed by atoms with Gasteiger partial charge in [0.2, 0.25) is 0 Å². The van der Waals surface area contributed by atoms with Crippen LogP contribution in [-0.4, -0.2) is 10.5 Å². The van der Waals surface area contributed by atoms with Gasteiger partial charge >= 0.3 is 0 Å². The fraction of sp³-hybridized carbons (Fsp3) is 0.133. The van der Waals surface area contributed by atoms with Crippen LogP contribution in [0.15, 0.2) is 43.0 Å². The molecule has 2 aromatic rings. The molecular formula is C15H15ClN2O. The summed E-state index contributed by atoms with van der Waals surface area (Å²) in [6.07, 6.45) is 1.79. The number of carbonyl (C=O) groups is 1. The van der Waals surface area contributed by atoms with E-state index in [1.54, 1.807) is 6.08 Å². The van der Waals surface area contributed by atoms with Crippen LogP contribution in [0, 0.1) is 6.92 Å². The molecule has 0 aliphatic carbocycles. The zero-order valence-corrected chi connectivity index (χ0v) is 11.4. The Labute approximate surface area is 117 Å². The number of rotatable bonds is 4. The zero-order chi connectivity index (χ0) is 14.0. The van der Waals surface area contributed by atoms with Gasteiger partial charge in [0.25, 0.3) is 5.91 Å². The lowest BCUT2D eigenvalue weighted by Gasteiger charge is -2.09. The second-order valence-corrected chi connectivity index (χ2v) is 4.74. The molecule has 0 atom stereocenters. The second kappa shape index (κ2) is 5.33. The monoisotopic (exact) mass is 274 g/mol. The normalized spacial score (nSPS) is 10.4. The highest BCUT2D eigenvalue weighted by atomic mass is 35.5. The van der Waals surface area contributed by atoms with Gasteiger partial charge in [-0.3, -0.25) is 4.79 Å². The Balaban J connectivity index is 2.61. The van der Waals surface area contributed by atoms with E-state index in [1.807, 2.05) is 41.8 Å². The maximum atomic E-state index is 11.4. The topological polar surface area (TPSA) is 48.0 Å². The Kier molecular flexibility index (Phi) is 3.76. The van der Waals surface area contributed by atoms with Crippen LogP contribution in [0.3, 0.4) is 0 Å². The lowest BCUT2D eigenvalue weighted by Crippen LogP contribution is -2.12. The van der Waals surface area contributed by atoms with Gasteiger partial charge in [-0.05, 0) is 30.7 Å². The molecule has 1 aromatic carbocycles. The Morgan fingerprint density at radius 2 is 2.05 bits per heavy atom. The summed E-state index contributed by atoms with van der Waals surface area (Å²) in [6.45, 7) is 6.24. The molecule has 0 aliphatic heterocycles. The van der Waals surface area contributed by atoms with E-state index < -0.39 is 5.91 Å².